The van der Waals surface area contributed by atoms with E-state index in [9.17, 15) is 8.42 Å². The van der Waals surface area contributed by atoms with Crippen LogP contribution in [0.2, 0.25) is 9.36 Å². The van der Waals surface area contributed by atoms with E-state index in [1.807, 2.05) is 36.4 Å². The van der Waals surface area contributed by atoms with Gasteiger partial charge in [0.15, 0.2) is 0 Å². The highest BCUT2D eigenvalue weighted by Gasteiger charge is 2.32. The van der Waals surface area contributed by atoms with Crippen molar-refractivity contribution in [2.45, 2.75) is 10.8 Å². The molecule has 154 valence electrons. The number of sulfonamides is 1. The molecule has 0 radical (unpaired) electrons. The summed E-state index contributed by atoms with van der Waals surface area (Å²) >= 11 is 13.3. The Balaban J connectivity index is 1.69. The van der Waals surface area contributed by atoms with Crippen molar-refractivity contribution in [2.75, 3.05) is 6.54 Å². The van der Waals surface area contributed by atoms with Gasteiger partial charge in [-0.1, -0.05) is 53.5 Å². The first kappa shape index (κ1) is 20.9. The van der Waals surface area contributed by atoms with Crippen LogP contribution in [0.25, 0.3) is 0 Å². The molecule has 1 aromatic heterocycles. The maximum absolute atomic E-state index is 12.6. The molecule has 30 heavy (non-hydrogen) atoms. The first-order valence-corrected chi connectivity index (χ1v) is 11.9. The molecule has 0 saturated carbocycles. The summed E-state index contributed by atoms with van der Waals surface area (Å²) in [6.07, 6.45) is 0. The molecule has 1 unspecified atom stereocenters. The Bertz CT molecular complexity index is 1220. The predicted octanol–water partition coefficient (Wildman–Crippen LogP) is 4.56. The molecule has 0 spiro atoms. The smallest absolute Gasteiger partial charge is 0.285 e. The number of hydrogen-bond donors (Lipinski definition) is 1. The molecule has 0 amide bonds. The van der Waals surface area contributed by atoms with Crippen molar-refractivity contribution in [3.05, 3.63) is 86.5 Å². The first-order chi connectivity index (χ1) is 14.3. The van der Waals surface area contributed by atoms with Gasteiger partial charge in [0.25, 0.3) is 10.0 Å². The molecular weight excluding hydrogens is 463 g/mol. The summed E-state index contributed by atoms with van der Waals surface area (Å²) in [6.45, 7) is 0.361. The maximum atomic E-state index is 12.6. The molecule has 2 aromatic carbocycles. The molecule has 10 heteroatoms. The third-order valence-corrected chi connectivity index (χ3v) is 7.33. The monoisotopic (exact) mass is 478 g/mol. The van der Waals surface area contributed by atoms with E-state index in [4.69, 9.17) is 28.9 Å². The van der Waals surface area contributed by atoms with Gasteiger partial charge in [0.2, 0.25) is 5.96 Å². The fourth-order valence-corrected chi connectivity index (χ4v) is 5.23. The number of rotatable bonds is 4. The van der Waals surface area contributed by atoms with Crippen LogP contribution >= 0.6 is 34.5 Å². The summed E-state index contributed by atoms with van der Waals surface area (Å²) in [7, 11) is -4.00. The van der Waals surface area contributed by atoms with Crippen LogP contribution in [-0.2, 0) is 10.0 Å². The van der Waals surface area contributed by atoms with Crippen molar-refractivity contribution in [1.82, 2.24) is 5.01 Å². The number of benzene rings is 2. The van der Waals surface area contributed by atoms with Gasteiger partial charge >= 0.3 is 0 Å². The Kier molecular flexibility index (Phi) is 5.84. The molecule has 0 bridgehead atoms. The summed E-state index contributed by atoms with van der Waals surface area (Å²) in [5, 5.41) is 6.42. The summed E-state index contributed by atoms with van der Waals surface area (Å²) < 4.78 is 29.6. The van der Waals surface area contributed by atoms with Gasteiger partial charge in [0, 0.05) is 10.9 Å². The van der Waals surface area contributed by atoms with Crippen LogP contribution in [0.4, 0.5) is 0 Å². The van der Waals surface area contributed by atoms with Crippen LogP contribution in [-0.4, -0.2) is 31.6 Å². The minimum absolute atomic E-state index is 0.00268. The summed E-state index contributed by atoms with van der Waals surface area (Å²) in [6, 6.07) is 19.2. The van der Waals surface area contributed by atoms with Crippen LogP contribution in [0.15, 0.2) is 81.1 Å². The molecule has 0 fully saturated rings. The molecule has 0 aliphatic carbocycles. The zero-order valence-corrected chi connectivity index (χ0v) is 18.6. The standard InChI is InChI=1S/C20H16Cl2N4O2S2/c21-14-6-8-15(9-7-14)30(27,28)25-20(23)26-12-16(13-4-2-1-3-5-13)19(24-26)17-10-11-18(22)29-17/h1-11,16H,12H2,(H2,23,25). The van der Waals surface area contributed by atoms with E-state index in [2.05, 4.69) is 9.50 Å². The largest absolute Gasteiger partial charge is 0.367 e. The SMILES string of the molecule is NC(=NS(=O)(=O)c1ccc(Cl)cc1)N1CC(c2ccccc2)C(c2ccc(Cl)s2)=N1. The van der Waals surface area contributed by atoms with Crippen LogP contribution in [0.5, 0.6) is 0 Å². The fraction of sp³-hybridized carbons (Fsp3) is 0.100. The Morgan fingerprint density at radius 1 is 1.07 bits per heavy atom. The molecule has 3 aromatic rings. The topological polar surface area (TPSA) is 88.1 Å². The third-order valence-electron chi connectivity index (χ3n) is 4.53. The van der Waals surface area contributed by atoms with Crippen molar-refractivity contribution in [2.24, 2.45) is 15.2 Å². The predicted molar refractivity (Wildman–Crippen MR) is 122 cm³/mol. The van der Waals surface area contributed by atoms with Gasteiger partial charge in [-0.2, -0.15) is 13.5 Å². The van der Waals surface area contributed by atoms with Crippen molar-refractivity contribution >= 4 is 56.2 Å². The second kappa shape index (κ2) is 8.39. The lowest BCUT2D eigenvalue weighted by molar-refractivity contribution is 0.470. The number of guanidine groups is 1. The minimum Gasteiger partial charge on any atom is -0.367 e. The molecule has 0 saturated heterocycles. The van der Waals surface area contributed by atoms with Gasteiger partial charge in [-0.15, -0.1) is 15.7 Å². The average molecular weight is 479 g/mol. The summed E-state index contributed by atoms with van der Waals surface area (Å²) in [4.78, 5) is 0.896. The van der Waals surface area contributed by atoms with E-state index in [-0.39, 0.29) is 16.8 Å². The van der Waals surface area contributed by atoms with Gasteiger partial charge in [-0.3, -0.25) is 0 Å². The highest BCUT2D eigenvalue weighted by atomic mass is 35.5. The second-order valence-electron chi connectivity index (χ2n) is 6.51. The Hall–Kier alpha value is -2.39. The minimum atomic E-state index is -4.00. The van der Waals surface area contributed by atoms with Gasteiger partial charge in [0.05, 0.1) is 26.4 Å². The molecular formula is C20H16Cl2N4O2S2. The van der Waals surface area contributed by atoms with E-state index in [0.29, 0.717) is 15.9 Å². The lowest BCUT2D eigenvalue weighted by Crippen LogP contribution is -2.33. The summed E-state index contributed by atoms with van der Waals surface area (Å²) in [5.41, 5.74) is 7.86. The van der Waals surface area contributed by atoms with Crippen molar-refractivity contribution in [1.29, 1.82) is 0 Å². The van der Waals surface area contributed by atoms with Crippen LogP contribution in [0, 0.1) is 0 Å². The lowest BCUT2D eigenvalue weighted by atomic mass is 9.94. The molecule has 1 aliphatic rings. The van der Waals surface area contributed by atoms with Crippen molar-refractivity contribution in [3.8, 4) is 0 Å². The van der Waals surface area contributed by atoms with E-state index in [0.717, 1.165) is 16.2 Å². The van der Waals surface area contributed by atoms with Crippen LogP contribution < -0.4 is 5.73 Å². The van der Waals surface area contributed by atoms with Crippen LogP contribution in [0.3, 0.4) is 0 Å². The Morgan fingerprint density at radius 3 is 2.40 bits per heavy atom. The van der Waals surface area contributed by atoms with Crippen LogP contribution in [0.1, 0.15) is 16.4 Å². The fourth-order valence-electron chi connectivity index (χ4n) is 3.10. The molecule has 1 aliphatic heterocycles. The first-order valence-electron chi connectivity index (χ1n) is 8.86. The number of nitrogens with zero attached hydrogens (tertiary/aromatic N) is 3. The van der Waals surface area contributed by atoms with Gasteiger partial charge < -0.3 is 5.73 Å². The molecule has 2 N–H and O–H groups in total. The zero-order valence-electron chi connectivity index (χ0n) is 15.4. The normalized spacial score (nSPS) is 17.3. The lowest BCUT2D eigenvalue weighted by Gasteiger charge is -2.15. The van der Waals surface area contributed by atoms with Crippen molar-refractivity contribution in [3.63, 3.8) is 0 Å². The number of hydrazone groups is 1. The quantitative estimate of drug-likeness (QED) is 0.439. The number of thiophene rings is 1. The molecule has 2 heterocycles. The molecule has 6 nitrogen and oxygen atoms in total. The number of hydrogen-bond acceptors (Lipinski definition) is 4. The van der Waals surface area contributed by atoms with E-state index >= 15 is 0 Å². The Labute approximate surface area is 188 Å². The van der Waals surface area contributed by atoms with Gasteiger partial charge in [0.1, 0.15) is 0 Å². The number of nitrogens with two attached hydrogens (primary N) is 1. The second-order valence-corrected chi connectivity index (χ2v) is 10.3. The van der Waals surface area contributed by atoms with E-state index in [1.165, 1.54) is 40.6 Å². The summed E-state index contributed by atoms with van der Waals surface area (Å²) in [5.74, 6) is -0.309. The number of halogens is 2. The highest BCUT2D eigenvalue weighted by Crippen LogP contribution is 2.33. The Morgan fingerprint density at radius 2 is 1.77 bits per heavy atom. The van der Waals surface area contributed by atoms with E-state index in [1.54, 1.807) is 6.07 Å². The molecule has 1 atom stereocenters. The zero-order chi connectivity index (χ0) is 21.3. The van der Waals surface area contributed by atoms with Gasteiger partial charge in [-0.25, -0.2) is 5.01 Å². The third kappa shape index (κ3) is 4.37. The van der Waals surface area contributed by atoms with E-state index < -0.39 is 10.0 Å². The van der Waals surface area contributed by atoms with Gasteiger partial charge in [-0.05, 0) is 42.0 Å². The highest BCUT2D eigenvalue weighted by molar-refractivity contribution is 7.90. The molecule has 4 rings (SSSR count). The van der Waals surface area contributed by atoms with Crippen molar-refractivity contribution < 1.29 is 8.42 Å². The average Bonchev–Trinajstić information content (AvgIpc) is 3.35. The maximum Gasteiger partial charge on any atom is 0.285 e.